The summed E-state index contributed by atoms with van der Waals surface area (Å²) in [4.78, 5) is 53.2. The monoisotopic (exact) mass is 634 g/mol. The largest absolute Gasteiger partial charge is 0.463 e. The third-order valence-corrected chi connectivity index (χ3v) is 10.7. The first kappa shape index (κ1) is 26.7. The lowest BCUT2D eigenvalue weighted by Crippen LogP contribution is -2.60. The molecule has 4 amide bonds. The molecule has 3 fully saturated rings. The lowest BCUT2D eigenvalue weighted by atomic mass is 9.57. The van der Waals surface area contributed by atoms with Crippen LogP contribution in [0.5, 0.6) is 0 Å². The topological polar surface area (TPSA) is 108 Å². The second-order valence-corrected chi connectivity index (χ2v) is 12.2. The number of carbonyl (C=O) groups excluding carboxylic acids is 4. The summed E-state index contributed by atoms with van der Waals surface area (Å²) in [5, 5.41) is 9.62. The van der Waals surface area contributed by atoms with E-state index in [4.69, 9.17) is 27.6 Å². The van der Waals surface area contributed by atoms with Gasteiger partial charge in [-0.15, -0.1) is 23.2 Å². The number of furan rings is 1. The highest BCUT2D eigenvalue weighted by Crippen LogP contribution is 2.65. The lowest BCUT2D eigenvalue weighted by Gasteiger charge is -2.49. The number of alkyl halides is 3. The van der Waals surface area contributed by atoms with Gasteiger partial charge >= 0.3 is 0 Å². The number of likely N-dealkylation sites (tertiary alicyclic amines) is 1. The van der Waals surface area contributed by atoms with Crippen LogP contribution in [0.1, 0.15) is 42.8 Å². The Kier molecular flexibility index (Phi) is 6.37. The fraction of sp³-hybridized carbons (Fsp3) is 0.429. The van der Waals surface area contributed by atoms with E-state index >= 15 is 0 Å². The Morgan fingerprint density at radius 2 is 1.74 bits per heavy atom. The number of allylic oxidation sites excluding steroid dienone is 2. The molecular formula is C28H25BrCl2N2O6. The minimum absolute atomic E-state index is 0.0924. The van der Waals surface area contributed by atoms with Gasteiger partial charge in [0.1, 0.15) is 18.1 Å². The van der Waals surface area contributed by atoms with E-state index in [1.54, 1.807) is 24.3 Å². The molecule has 3 heterocycles. The molecule has 6 unspecified atom stereocenters. The number of hydrogen-bond acceptors (Lipinski definition) is 6. The highest BCUT2D eigenvalue weighted by molar-refractivity contribution is 9.09. The second-order valence-electron chi connectivity index (χ2n) is 10.5. The average molecular weight is 636 g/mol. The molecule has 1 N–H and O–H groups in total. The molecule has 1 saturated carbocycles. The Bertz CT molecular complexity index is 1440. The minimum Gasteiger partial charge on any atom is -0.463 e. The van der Waals surface area contributed by atoms with Gasteiger partial charge in [0.2, 0.25) is 11.8 Å². The normalized spacial score (nSPS) is 33.8. The van der Waals surface area contributed by atoms with Gasteiger partial charge in [0.05, 0.1) is 28.9 Å². The predicted molar refractivity (Wildman–Crippen MR) is 146 cm³/mol. The van der Waals surface area contributed by atoms with Crippen molar-refractivity contribution in [2.45, 2.75) is 48.5 Å². The summed E-state index contributed by atoms with van der Waals surface area (Å²) in [7, 11) is 0. The number of aryl methyl sites for hydroxylation is 1. The van der Waals surface area contributed by atoms with Crippen LogP contribution in [0.15, 0.2) is 52.5 Å². The number of aliphatic hydroxyl groups excluding tert-OH is 1. The van der Waals surface area contributed by atoms with Crippen molar-refractivity contribution in [1.82, 2.24) is 4.90 Å². The quantitative estimate of drug-likeness (QED) is 0.228. The van der Waals surface area contributed by atoms with Crippen molar-refractivity contribution in [3.63, 3.8) is 0 Å². The van der Waals surface area contributed by atoms with Gasteiger partial charge in [-0.1, -0.05) is 46.6 Å². The minimum atomic E-state index is -1.93. The van der Waals surface area contributed by atoms with Crippen LogP contribution in [0.25, 0.3) is 0 Å². The van der Waals surface area contributed by atoms with Gasteiger partial charge in [-0.2, -0.15) is 0 Å². The first-order valence-corrected chi connectivity index (χ1v) is 14.7. The van der Waals surface area contributed by atoms with Crippen LogP contribution in [0.2, 0.25) is 0 Å². The van der Waals surface area contributed by atoms with Crippen molar-refractivity contribution < 1.29 is 28.7 Å². The molecule has 0 spiro atoms. The van der Waals surface area contributed by atoms with E-state index in [0.29, 0.717) is 11.3 Å². The molecule has 1 aromatic carbocycles. The number of benzene rings is 1. The van der Waals surface area contributed by atoms with Crippen molar-refractivity contribution in [2.75, 3.05) is 10.4 Å². The molecule has 2 aromatic rings. The molecule has 4 aliphatic rings. The third-order valence-electron chi connectivity index (χ3n) is 8.74. The molecule has 1 aromatic heterocycles. The van der Waals surface area contributed by atoms with Crippen molar-refractivity contribution in [1.29, 1.82) is 0 Å². The van der Waals surface area contributed by atoms with Crippen molar-refractivity contribution >= 4 is 68.4 Å². The van der Waals surface area contributed by atoms with Crippen molar-refractivity contribution in [2.24, 2.45) is 17.8 Å². The SMILES string of the molecule is CCc1ccc(N2C(=O)C3CC=C4C(CC5(Cl)C(=O)N(CBr)C(=O)C5(Cl)C4c4ccc(CO)o4)C3C2=O)cc1. The molecule has 204 valence electrons. The Morgan fingerprint density at radius 3 is 2.36 bits per heavy atom. The average Bonchev–Trinajstić information content (AvgIpc) is 3.55. The number of rotatable bonds is 5. The van der Waals surface area contributed by atoms with Gasteiger partial charge in [-0.05, 0) is 55.0 Å². The predicted octanol–water partition coefficient (Wildman–Crippen LogP) is 4.25. The molecule has 2 aliphatic heterocycles. The molecular weight excluding hydrogens is 611 g/mol. The summed E-state index contributed by atoms with van der Waals surface area (Å²) in [5.41, 5.74) is 2.12. The maximum Gasteiger partial charge on any atom is 0.254 e. The van der Waals surface area contributed by atoms with Crippen LogP contribution < -0.4 is 4.90 Å². The summed E-state index contributed by atoms with van der Waals surface area (Å²) in [6.07, 6.45) is 2.85. The third kappa shape index (κ3) is 3.46. The number of carbonyl (C=O) groups is 4. The molecule has 11 heteroatoms. The lowest BCUT2D eigenvalue weighted by molar-refractivity contribution is -0.138. The van der Waals surface area contributed by atoms with E-state index in [1.165, 1.54) is 4.90 Å². The van der Waals surface area contributed by atoms with E-state index in [-0.39, 0.29) is 48.2 Å². The molecule has 2 saturated heterocycles. The maximum atomic E-state index is 14.0. The first-order valence-electron chi connectivity index (χ1n) is 12.8. The van der Waals surface area contributed by atoms with Gasteiger partial charge in [0.15, 0.2) is 9.75 Å². The fourth-order valence-corrected chi connectivity index (χ4v) is 8.24. The fourth-order valence-electron chi connectivity index (χ4n) is 6.83. The van der Waals surface area contributed by atoms with Gasteiger partial charge in [0, 0.05) is 0 Å². The van der Waals surface area contributed by atoms with Crippen LogP contribution in [0.3, 0.4) is 0 Å². The van der Waals surface area contributed by atoms with Crippen LogP contribution in [0, 0.1) is 17.8 Å². The molecule has 0 radical (unpaired) electrons. The van der Waals surface area contributed by atoms with Crippen molar-refractivity contribution in [3.8, 4) is 0 Å². The van der Waals surface area contributed by atoms with Crippen LogP contribution in [0.4, 0.5) is 5.69 Å². The van der Waals surface area contributed by atoms with Crippen LogP contribution >= 0.6 is 39.1 Å². The van der Waals surface area contributed by atoms with Gasteiger partial charge in [-0.3, -0.25) is 29.0 Å². The number of nitrogens with zero attached hydrogens (tertiary/aromatic N) is 2. The van der Waals surface area contributed by atoms with E-state index in [1.807, 2.05) is 25.1 Å². The van der Waals surface area contributed by atoms with Crippen molar-refractivity contribution in [3.05, 3.63) is 65.1 Å². The Hall–Kier alpha value is -2.46. The zero-order valence-electron chi connectivity index (χ0n) is 20.9. The molecule has 0 bridgehead atoms. The zero-order valence-corrected chi connectivity index (χ0v) is 24.0. The number of fused-ring (bicyclic) bond motifs is 4. The summed E-state index contributed by atoms with van der Waals surface area (Å²) >= 11 is 17.5. The number of anilines is 1. The molecule has 8 nitrogen and oxygen atoms in total. The summed E-state index contributed by atoms with van der Waals surface area (Å²) in [6.45, 7) is 1.65. The number of amides is 4. The zero-order chi connectivity index (χ0) is 27.9. The highest BCUT2D eigenvalue weighted by atomic mass is 79.9. The number of halogens is 3. The van der Waals surface area contributed by atoms with E-state index in [9.17, 15) is 24.3 Å². The molecule has 6 atom stereocenters. The molecule has 6 rings (SSSR count). The Morgan fingerprint density at radius 1 is 1.03 bits per heavy atom. The maximum absolute atomic E-state index is 14.0. The first-order chi connectivity index (χ1) is 18.6. The van der Waals surface area contributed by atoms with Gasteiger partial charge in [-0.25, -0.2) is 0 Å². The molecule has 39 heavy (non-hydrogen) atoms. The van der Waals surface area contributed by atoms with Crippen LogP contribution in [-0.4, -0.2) is 48.8 Å². The summed E-state index contributed by atoms with van der Waals surface area (Å²) in [5.74, 6) is -4.52. The Labute approximate surface area is 243 Å². The second kappa shape index (κ2) is 9.29. The standard InChI is InChI=1S/C28H25BrCl2N2O6/c1-2-14-3-5-15(6-4-14)33-23(35)18-9-8-17-19(21(18)24(33)36)11-27(30)25(37)32(13-29)26(38)28(27,31)22(17)20-10-7-16(12-34)39-20/h3-8,10,18-19,21-22,34H,2,9,11-13H2,1H3. The van der Waals surface area contributed by atoms with E-state index in [2.05, 4.69) is 15.9 Å². The van der Waals surface area contributed by atoms with Gasteiger partial charge in [0.25, 0.3) is 11.8 Å². The summed E-state index contributed by atoms with van der Waals surface area (Å²) < 4.78 is 5.87. The highest BCUT2D eigenvalue weighted by Gasteiger charge is 2.76. The van der Waals surface area contributed by atoms with Gasteiger partial charge < -0.3 is 9.52 Å². The number of hydrogen-bond donors (Lipinski definition) is 1. The molecule has 2 aliphatic carbocycles. The Balaban J connectivity index is 1.48. The number of imide groups is 2. The van der Waals surface area contributed by atoms with E-state index in [0.717, 1.165) is 16.9 Å². The summed E-state index contributed by atoms with van der Waals surface area (Å²) in [6, 6.07) is 10.5. The van der Waals surface area contributed by atoms with E-state index < -0.39 is 45.2 Å². The number of aliphatic hydroxyl groups is 1. The van der Waals surface area contributed by atoms with Crippen LogP contribution in [-0.2, 0) is 32.2 Å². The smallest absolute Gasteiger partial charge is 0.254 e.